The Kier molecular flexibility index (Phi) is 9.37. The Morgan fingerprint density at radius 1 is 1.28 bits per heavy atom. The zero-order valence-electron chi connectivity index (χ0n) is 14.8. The number of hydrogen-bond acceptors (Lipinski definition) is 5. The Balaban J connectivity index is 0.00000312. The lowest BCUT2D eigenvalue weighted by Gasteiger charge is -2.25. The van der Waals surface area contributed by atoms with Crippen LogP contribution in [0.2, 0.25) is 0 Å². The van der Waals surface area contributed by atoms with Crippen LogP contribution in [0.1, 0.15) is 38.0 Å². The highest BCUT2D eigenvalue weighted by Crippen LogP contribution is 2.27. The first-order valence-corrected chi connectivity index (χ1v) is 10.8. The van der Waals surface area contributed by atoms with Gasteiger partial charge in [0.15, 0.2) is 0 Å². The molecule has 1 aliphatic rings. The summed E-state index contributed by atoms with van der Waals surface area (Å²) in [7, 11) is -3.40. The highest BCUT2D eigenvalue weighted by molar-refractivity contribution is 7.91. The molecule has 2 N–H and O–H groups in total. The second-order valence-corrected chi connectivity index (χ2v) is 9.46. The van der Waals surface area contributed by atoms with E-state index in [1.54, 1.807) is 16.4 Å². The van der Waals surface area contributed by atoms with Gasteiger partial charge in [0.25, 0.3) is 10.0 Å². The summed E-state index contributed by atoms with van der Waals surface area (Å²) in [5, 5.41) is 6.10. The van der Waals surface area contributed by atoms with Gasteiger partial charge < -0.3 is 10.6 Å². The number of nitrogens with zero attached hydrogens (tertiary/aromatic N) is 1. The van der Waals surface area contributed by atoms with E-state index in [1.807, 2.05) is 13.8 Å². The second kappa shape index (κ2) is 10.5. The lowest BCUT2D eigenvalue weighted by Crippen LogP contribution is -2.39. The van der Waals surface area contributed by atoms with Crippen LogP contribution in [0.5, 0.6) is 0 Å². The molecule has 9 heteroatoms. The summed E-state index contributed by atoms with van der Waals surface area (Å²) in [5.74, 6) is -0.0801. The SMILES string of the molecule is CCN[C@H](C)CNC(=O)Cc1ccc(S(=O)(=O)N2CCCCC2)s1.Cl. The van der Waals surface area contributed by atoms with Crippen molar-refractivity contribution in [1.29, 1.82) is 0 Å². The number of sulfonamides is 1. The van der Waals surface area contributed by atoms with Crippen molar-refractivity contribution in [2.45, 2.75) is 49.8 Å². The number of carbonyl (C=O) groups is 1. The van der Waals surface area contributed by atoms with Gasteiger partial charge in [0.1, 0.15) is 4.21 Å². The van der Waals surface area contributed by atoms with E-state index < -0.39 is 10.0 Å². The van der Waals surface area contributed by atoms with Crippen molar-refractivity contribution >= 4 is 39.7 Å². The molecule has 1 aromatic heterocycles. The Morgan fingerprint density at radius 2 is 1.96 bits per heavy atom. The van der Waals surface area contributed by atoms with Crippen molar-refractivity contribution < 1.29 is 13.2 Å². The summed E-state index contributed by atoms with van der Waals surface area (Å²) in [6.45, 7) is 6.65. The van der Waals surface area contributed by atoms with E-state index in [9.17, 15) is 13.2 Å². The number of piperidine rings is 1. The van der Waals surface area contributed by atoms with Gasteiger partial charge >= 0.3 is 0 Å². The fourth-order valence-electron chi connectivity index (χ4n) is 2.73. The molecule has 2 heterocycles. The third-order valence-corrected chi connectivity index (χ3v) is 7.49. The lowest BCUT2D eigenvalue weighted by molar-refractivity contribution is -0.120. The molecule has 1 atom stereocenters. The predicted molar refractivity (Wildman–Crippen MR) is 104 cm³/mol. The van der Waals surface area contributed by atoms with Gasteiger partial charge in [-0.15, -0.1) is 23.7 Å². The van der Waals surface area contributed by atoms with Crippen LogP contribution in [0.15, 0.2) is 16.3 Å². The largest absolute Gasteiger partial charge is 0.354 e. The van der Waals surface area contributed by atoms with E-state index in [-0.39, 0.29) is 30.8 Å². The molecule has 1 saturated heterocycles. The van der Waals surface area contributed by atoms with Crippen LogP contribution in [0, 0.1) is 0 Å². The van der Waals surface area contributed by atoms with E-state index >= 15 is 0 Å². The van der Waals surface area contributed by atoms with Gasteiger partial charge in [-0.2, -0.15) is 4.31 Å². The molecule has 0 aliphatic carbocycles. The zero-order valence-corrected chi connectivity index (χ0v) is 17.2. The summed E-state index contributed by atoms with van der Waals surface area (Å²) < 4.78 is 27.1. The molecule has 0 spiro atoms. The lowest BCUT2D eigenvalue weighted by atomic mass is 10.2. The van der Waals surface area contributed by atoms with Crippen molar-refractivity contribution in [3.8, 4) is 0 Å². The molecule has 1 aliphatic heterocycles. The number of amides is 1. The number of likely N-dealkylation sites (N-methyl/N-ethyl adjacent to an activating group) is 1. The minimum absolute atomic E-state index is 0. The monoisotopic (exact) mass is 409 g/mol. The number of rotatable bonds is 8. The molecule has 144 valence electrons. The summed E-state index contributed by atoms with van der Waals surface area (Å²) in [6.07, 6.45) is 3.15. The number of nitrogens with one attached hydrogen (secondary N) is 2. The van der Waals surface area contributed by atoms with Crippen molar-refractivity contribution in [2.75, 3.05) is 26.2 Å². The van der Waals surface area contributed by atoms with E-state index in [0.29, 0.717) is 23.8 Å². The normalized spacial score (nSPS) is 16.9. The second-order valence-electron chi connectivity index (χ2n) is 6.13. The Labute approximate surface area is 160 Å². The predicted octanol–water partition coefficient (Wildman–Crippen LogP) is 2.00. The average Bonchev–Trinajstić information content (AvgIpc) is 3.03. The summed E-state index contributed by atoms with van der Waals surface area (Å²) in [4.78, 5) is 12.8. The molecule has 1 amide bonds. The number of halogens is 1. The van der Waals surface area contributed by atoms with Gasteiger partial charge in [0, 0.05) is 30.6 Å². The van der Waals surface area contributed by atoms with E-state index in [2.05, 4.69) is 10.6 Å². The molecule has 0 bridgehead atoms. The third kappa shape index (κ3) is 6.53. The molecular formula is C16H28ClN3O3S2. The molecule has 25 heavy (non-hydrogen) atoms. The fourth-order valence-corrected chi connectivity index (χ4v) is 5.76. The molecule has 0 radical (unpaired) electrons. The van der Waals surface area contributed by atoms with Crippen LogP contribution in [-0.2, 0) is 21.2 Å². The van der Waals surface area contributed by atoms with Crippen molar-refractivity contribution in [1.82, 2.24) is 14.9 Å². The van der Waals surface area contributed by atoms with E-state index in [4.69, 9.17) is 0 Å². The standard InChI is InChI=1S/C16H27N3O3S2.ClH/c1-3-17-13(2)12-18-15(20)11-14-7-8-16(23-14)24(21,22)19-9-5-4-6-10-19;/h7-8,13,17H,3-6,9-12H2,1-2H3,(H,18,20);1H/t13-;/m1./s1. The quantitative estimate of drug-likeness (QED) is 0.688. The van der Waals surface area contributed by atoms with Crippen LogP contribution in [-0.4, -0.2) is 50.9 Å². The van der Waals surface area contributed by atoms with Gasteiger partial charge in [-0.3, -0.25) is 4.79 Å². The first-order valence-electron chi connectivity index (χ1n) is 8.52. The molecule has 0 unspecified atom stereocenters. The minimum Gasteiger partial charge on any atom is -0.354 e. The van der Waals surface area contributed by atoms with Gasteiger partial charge in [-0.25, -0.2) is 8.42 Å². The molecule has 1 fully saturated rings. The van der Waals surface area contributed by atoms with Crippen LogP contribution in [0.3, 0.4) is 0 Å². The maximum Gasteiger partial charge on any atom is 0.252 e. The van der Waals surface area contributed by atoms with E-state index in [0.717, 1.165) is 30.7 Å². The third-order valence-electron chi connectivity index (χ3n) is 4.04. The summed E-state index contributed by atoms with van der Waals surface area (Å²) in [6, 6.07) is 3.59. The molecule has 0 saturated carbocycles. The molecule has 2 rings (SSSR count). The smallest absolute Gasteiger partial charge is 0.252 e. The van der Waals surface area contributed by atoms with Gasteiger partial charge in [-0.05, 0) is 38.4 Å². The van der Waals surface area contributed by atoms with E-state index in [1.165, 1.54) is 11.3 Å². The van der Waals surface area contributed by atoms with Crippen LogP contribution in [0.25, 0.3) is 0 Å². The van der Waals surface area contributed by atoms with Crippen LogP contribution in [0.4, 0.5) is 0 Å². The number of carbonyl (C=O) groups excluding carboxylic acids is 1. The maximum atomic E-state index is 12.6. The van der Waals surface area contributed by atoms with Crippen molar-refractivity contribution in [3.05, 3.63) is 17.0 Å². The summed E-state index contributed by atoms with van der Waals surface area (Å²) in [5.41, 5.74) is 0. The fraction of sp³-hybridized carbons (Fsp3) is 0.688. The number of hydrogen-bond donors (Lipinski definition) is 2. The Morgan fingerprint density at radius 3 is 2.60 bits per heavy atom. The van der Waals surface area contributed by atoms with Gasteiger partial charge in [-0.1, -0.05) is 13.3 Å². The first kappa shape index (κ1) is 22.4. The maximum absolute atomic E-state index is 12.6. The Hall–Kier alpha value is -0.670. The first-order chi connectivity index (χ1) is 11.4. The highest BCUT2D eigenvalue weighted by Gasteiger charge is 2.27. The topological polar surface area (TPSA) is 78.5 Å². The summed E-state index contributed by atoms with van der Waals surface area (Å²) >= 11 is 1.20. The van der Waals surface area contributed by atoms with Gasteiger partial charge in [0.2, 0.25) is 5.91 Å². The molecule has 6 nitrogen and oxygen atoms in total. The molecule has 0 aromatic carbocycles. The number of thiophene rings is 1. The van der Waals surface area contributed by atoms with Crippen molar-refractivity contribution in [2.24, 2.45) is 0 Å². The van der Waals surface area contributed by atoms with Crippen molar-refractivity contribution in [3.63, 3.8) is 0 Å². The average molecular weight is 410 g/mol. The van der Waals surface area contributed by atoms with Gasteiger partial charge in [0.05, 0.1) is 6.42 Å². The minimum atomic E-state index is -3.40. The zero-order chi connectivity index (χ0) is 17.6. The van der Waals surface area contributed by atoms with Crippen LogP contribution < -0.4 is 10.6 Å². The molecular weight excluding hydrogens is 382 g/mol. The molecule has 1 aromatic rings. The van der Waals surface area contributed by atoms with Crippen LogP contribution >= 0.6 is 23.7 Å². The highest BCUT2D eigenvalue weighted by atomic mass is 35.5. The Bertz CT molecular complexity index is 643.